The van der Waals surface area contributed by atoms with Crippen molar-refractivity contribution in [1.82, 2.24) is 14.8 Å². The molecule has 2 heterocycles. The van der Waals surface area contributed by atoms with Crippen molar-refractivity contribution in [2.75, 3.05) is 6.54 Å². The molecule has 3 amide bonds. The normalized spacial score (nSPS) is 15.9. The summed E-state index contributed by atoms with van der Waals surface area (Å²) in [4.78, 5) is 25.6. The van der Waals surface area contributed by atoms with Crippen molar-refractivity contribution >= 4 is 45.5 Å². The summed E-state index contributed by atoms with van der Waals surface area (Å²) in [5.41, 5.74) is 4.09. The highest BCUT2D eigenvalue weighted by atomic mass is 79.9. The minimum Gasteiger partial charge on any atom is -0.318 e. The second kappa shape index (κ2) is 7.29. The molecule has 0 bridgehead atoms. The van der Waals surface area contributed by atoms with Gasteiger partial charge in [0.05, 0.1) is 5.02 Å². The number of nitrogens with one attached hydrogen (secondary N) is 1. The van der Waals surface area contributed by atoms with Gasteiger partial charge in [-0.1, -0.05) is 18.5 Å². The van der Waals surface area contributed by atoms with E-state index >= 15 is 0 Å². The molecule has 1 N–H and O–H groups in total. The summed E-state index contributed by atoms with van der Waals surface area (Å²) in [5.74, 6) is -0.284. The van der Waals surface area contributed by atoms with Gasteiger partial charge in [0.2, 0.25) is 0 Å². The van der Waals surface area contributed by atoms with Crippen molar-refractivity contribution in [3.05, 3.63) is 56.4 Å². The summed E-state index contributed by atoms with van der Waals surface area (Å²) >= 11 is 9.62. The van der Waals surface area contributed by atoms with Crippen LogP contribution in [0.5, 0.6) is 0 Å². The van der Waals surface area contributed by atoms with Crippen LogP contribution in [0.25, 0.3) is 11.8 Å². The SMILES string of the molecule is CCCN1C(=O)N/C(=C/c2cc(C)n(-c3ccc(Br)c(Cl)c3)c2C)C1=O. The molecule has 1 aliphatic rings. The maximum atomic E-state index is 12.4. The maximum absolute atomic E-state index is 12.4. The number of hydrogen-bond donors (Lipinski definition) is 1. The molecule has 1 aromatic heterocycles. The third kappa shape index (κ3) is 3.31. The topological polar surface area (TPSA) is 54.3 Å². The average molecular weight is 437 g/mol. The van der Waals surface area contributed by atoms with Crippen molar-refractivity contribution in [3.8, 4) is 5.69 Å². The molecule has 1 aliphatic heterocycles. The summed E-state index contributed by atoms with van der Waals surface area (Å²) in [6.45, 7) is 6.31. The number of halogens is 2. The number of hydrogen-bond acceptors (Lipinski definition) is 2. The van der Waals surface area contributed by atoms with Crippen LogP contribution >= 0.6 is 27.5 Å². The van der Waals surface area contributed by atoms with Crippen molar-refractivity contribution in [2.24, 2.45) is 0 Å². The van der Waals surface area contributed by atoms with Gasteiger partial charge in [-0.25, -0.2) is 4.79 Å². The Hall–Kier alpha value is -2.05. The Labute approximate surface area is 165 Å². The van der Waals surface area contributed by atoms with Crippen LogP contribution < -0.4 is 5.32 Å². The zero-order chi connectivity index (χ0) is 19.0. The predicted octanol–water partition coefficient (Wildman–Crippen LogP) is 4.81. The van der Waals surface area contributed by atoms with E-state index in [4.69, 9.17) is 11.6 Å². The van der Waals surface area contributed by atoms with Crippen molar-refractivity contribution in [1.29, 1.82) is 0 Å². The standard InChI is InChI=1S/C19H19BrClN3O2/c1-4-7-23-18(25)17(22-19(23)26)9-13-8-11(2)24(12(13)3)14-5-6-15(20)16(21)10-14/h5-6,8-10H,4,7H2,1-3H3,(H,22,26)/b17-9+. The zero-order valence-electron chi connectivity index (χ0n) is 14.8. The maximum Gasteiger partial charge on any atom is 0.329 e. The minimum atomic E-state index is -0.364. The Morgan fingerprint density at radius 3 is 2.62 bits per heavy atom. The van der Waals surface area contributed by atoms with Gasteiger partial charge in [-0.2, -0.15) is 0 Å². The number of imide groups is 1. The number of amides is 3. The Balaban J connectivity index is 2.00. The fraction of sp³-hybridized carbons (Fsp3) is 0.263. The first kappa shape index (κ1) is 18.7. The van der Waals surface area contributed by atoms with E-state index in [-0.39, 0.29) is 11.9 Å². The molecule has 136 valence electrons. The molecular weight excluding hydrogens is 418 g/mol. The Morgan fingerprint density at radius 2 is 1.96 bits per heavy atom. The van der Waals surface area contributed by atoms with Crippen molar-refractivity contribution in [2.45, 2.75) is 27.2 Å². The van der Waals surface area contributed by atoms with Crippen LogP contribution in [-0.2, 0) is 4.79 Å². The van der Waals surface area contributed by atoms with E-state index in [1.54, 1.807) is 6.08 Å². The predicted molar refractivity (Wildman–Crippen MR) is 106 cm³/mol. The van der Waals surface area contributed by atoms with Crippen molar-refractivity contribution in [3.63, 3.8) is 0 Å². The van der Waals surface area contributed by atoms with E-state index in [0.29, 0.717) is 17.3 Å². The van der Waals surface area contributed by atoms with Gasteiger partial charge in [0.15, 0.2) is 0 Å². The van der Waals surface area contributed by atoms with Crippen LogP contribution in [0.2, 0.25) is 5.02 Å². The molecular formula is C19H19BrClN3O2. The summed E-state index contributed by atoms with van der Waals surface area (Å²) in [5, 5.41) is 3.29. The molecule has 0 atom stereocenters. The number of aryl methyl sites for hydroxylation is 1. The minimum absolute atomic E-state index is 0.284. The quantitative estimate of drug-likeness (QED) is 0.552. The summed E-state index contributed by atoms with van der Waals surface area (Å²) in [7, 11) is 0. The highest BCUT2D eigenvalue weighted by molar-refractivity contribution is 9.10. The summed E-state index contributed by atoms with van der Waals surface area (Å²) < 4.78 is 2.90. The van der Waals surface area contributed by atoms with Gasteiger partial charge >= 0.3 is 6.03 Å². The smallest absolute Gasteiger partial charge is 0.318 e. The number of carbonyl (C=O) groups is 2. The van der Waals surface area contributed by atoms with Crippen LogP contribution in [0, 0.1) is 13.8 Å². The lowest BCUT2D eigenvalue weighted by Gasteiger charge is -2.11. The number of benzene rings is 1. The van der Waals surface area contributed by atoms with Gasteiger partial charge in [0.1, 0.15) is 5.70 Å². The third-order valence-corrected chi connectivity index (χ3v) is 5.57. The van der Waals surface area contributed by atoms with Crippen LogP contribution in [0.15, 0.2) is 34.4 Å². The Kier molecular flexibility index (Phi) is 5.25. The molecule has 0 aliphatic carbocycles. The van der Waals surface area contributed by atoms with Gasteiger partial charge in [-0.05, 0) is 72.1 Å². The Morgan fingerprint density at radius 1 is 1.23 bits per heavy atom. The second-order valence-corrected chi connectivity index (χ2v) is 7.47. The lowest BCUT2D eigenvalue weighted by Crippen LogP contribution is -2.31. The molecule has 0 saturated carbocycles. The first-order valence-corrected chi connectivity index (χ1v) is 9.49. The number of carbonyl (C=O) groups excluding carboxylic acids is 2. The van der Waals surface area contributed by atoms with Gasteiger partial charge in [-0.15, -0.1) is 0 Å². The fourth-order valence-electron chi connectivity index (χ4n) is 3.11. The zero-order valence-corrected chi connectivity index (χ0v) is 17.1. The number of nitrogens with zero attached hydrogens (tertiary/aromatic N) is 2. The molecule has 26 heavy (non-hydrogen) atoms. The lowest BCUT2D eigenvalue weighted by atomic mass is 10.2. The molecule has 2 aromatic rings. The molecule has 1 saturated heterocycles. The molecule has 3 rings (SSSR count). The van der Waals surface area contributed by atoms with E-state index in [9.17, 15) is 9.59 Å². The van der Waals surface area contributed by atoms with Gasteiger partial charge in [0.25, 0.3) is 5.91 Å². The molecule has 0 spiro atoms. The monoisotopic (exact) mass is 435 g/mol. The van der Waals surface area contributed by atoms with Crippen LogP contribution in [0.4, 0.5) is 4.79 Å². The molecule has 5 nitrogen and oxygen atoms in total. The van der Waals surface area contributed by atoms with E-state index in [1.807, 2.05) is 45.0 Å². The molecule has 7 heteroatoms. The number of rotatable bonds is 4. The highest BCUT2D eigenvalue weighted by Crippen LogP contribution is 2.29. The van der Waals surface area contributed by atoms with Gasteiger partial charge in [-0.3, -0.25) is 9.69 Å². The van der Waals surface area contributed by atoms with E-state index in [2.05, 4.69) is 25.8 Å². The van der Waals surface area contributed by atoms with Crippen LogP contribution in [0.3, 0.4) is 0 Å². The molecule has 0 unspecified atom stereocenters. The fourth-order valence-corrected chi connectivity index (χ4v) is 3.53. The van der Waals surface area contributed by atoms with Crippen molar-refractivity contribution < 1.29 is 9.59 Å². The first-order valence-electron chi connectivity index (χ1n) is 8.32. The molecule has 0 radical (unpaired) electrons. The van der Waals surface area contributed by atoms with E-state index in [0.717, 1.165) is 33.5 Å². The largest absolute Gasteiger partial charge is 0.329 e. The van der Waals surface area contributed by atoms with Gasteiger partial charge in [0, 0.05) is 28.1 Å². The third-order valence-electron chi connectivity index (χ3n) is 4.34. The lowest BCUT2D eigenvalue weighted by molar-refractivity contribution is -0.122. The van der Waals surface area contributed by atoms with Crippen LogP contribution in [-0.4, -0.2) is 28.0 Å². The summed E-state index contributed by atoms with van der Waals surface area (Å²) in [6.07, 6.45) is 2.46. The molecule has 1 fully saturated rings. The van der Waals surface area contributed by atoms with E-state index < -0.39 is 0 Å². The second-order valence-electron chi connectivity index (χ2n) is 6.21. The summed E-state index contributed by atoms with van der Waals surface area (Å²) in [6, 6.07) is 7.38. The average Bonchev–Trinajstić information content (AvgIpc) is 3.01. The molecule has 1 aromatic carbocycles. The number of aromatic nitrogens is 1. The first-order chi connectivity index (χ1) is 12.3. The Bertz CT molecular complexity index is 933. The van der Waals surface area contributed by atoms with Gasteiger partial charge < -0.3 is 9.88 Å². The highest BCUT2D eigenvalue weighted by Gasteiger charge is 2.32. The van der Waals surface area contributed by atoms with E-state index in [1.165, 1.54) is 4.90 Å². The number of urea groups is 1. The van der Waals surface area contributed by atoms with Crippen LogP contribution in [0.1, 0.15) is 30.3 Å².